The van der Waals surface area contributed by atoms with Crippen LogP contribution in [0.3, 0.4) is 0 Å². The lowest BCUT2D eigenvalue weighted by molar-refractivity contribution is 0.0725. The average Bonchev–Trinajstić information content (AvgIpc) is 3.24. The first-order valence-corrected chi connectivity index (χ1v) is 8.42. The number of nitrogens with one attached hydrogen (secondary N) is 1. The standard InChI is InChI=1S/C17H22FN5O2/c1-11-20-16(22-21-11)14-4-2-8-23(14)17(24)13-10-12(18)5-6-15(13)25-9-3-7-19/h5-6,10,14H,2-4,7-9,19H2,1H3,(H,20,21,22)/t14-/m1/s1. The number of halogens is 1. The average molecular weight is 347 g/mol. The number of hydrogen-bond acceptors (Lipinski definition) is 5. The molecular weight excluding hydrogens is 325 g/mol. The number of carbonyl (C=O) groups is 1. The van der Waals surface area contributed by atoms with E-state index in [4.69, 9.17) is 10.5 Å². The maximum atomic E-state index is 13.7. The summed E-state index contributed by atoms with van der Waals surface area (Å²) in [6.45, 7) is 3.26. The van der Waals surface area contributed by atoms with Crippen LogP contribution in [-0.2, 0) is 0 Å². The summed E-state index contributed by atoms with van der Waals surface area (Å²) in [6.07, 6.45) is 2.29. The van der Waals surface area contributed by atoms with Crippen molar-refractivity contribution >= 4 is 5.91 Å². The highest BCUT2D eigenvalue weighted by molar-refractivity contribution is 5.97. The molecule has 25 heavy (non-hydrogen) atoms. The second kappa shape index (κ2) is 7.60. The third-order valence-corrected chi connectivity index (χ3v) is 4.20. The van der Waals surface area contributed by atoms with Crippen LogP contribution in [0.1, 0.15) is 47.3 Å². The van der Waals surface area contributed by atoms with Gasteiger partial charge in [0, 0.05) is 6.54 Å². The molecule has 0 saturated carbocycles. The summed E-state index contributed by atoms with van der Waals surface area (Å²) < 4.78 is 19.4. The number of carbonyl (C=O) groups excluding carboxylic acids is 1. The zero-order valence-corrected chi connectivity index (χ0v) is 14.2. The van der Waals surface area contributed by atoms with Crippen LogP contribution in [0.15, 0.2) is 18.2 Å². The van der Waals surface area contributed by atoms with Gasteiger partial charge in [0.2, 0.25) is 0 Å². The molecule has 0 bridgehead atoms. The van der Waals surface area contributed by atoms with Crippen LogP contribution in [0, 0.1) is 12.7 Å². The third kappa shape index (κ3) is 3.79. The van der Waals surface area contributed by atoms with Gasteiger partial charge >= 0.3 is 0 Å². The summed E-state index contributed by atoms with van der Waals surface area (Å²) in [5.74, 6) is 0.916. The molecule has 2 aromatic rings. The van der Waals surface area contributed by atoms with Crippen molar-refractivity contribution in [1.29, 1.82) is 0 Å². The molecule has 3 rings (SSSR count). The van der Waals surface area contributed by atoms with E-state index in [-0.39, 0.29) is 17.5 Å². The Morgan fingerprint density at radius 3 is 3.08 bits per heavy atom. The van der Waals surface area contributed by atoms with Gasteiger partial charge in [0.15, 0.2) is 5.82 Å². The number of hydrogen-bond donors (Lipinski definition) is 2. The molecule has 1 aromatic heterocycles. The minimum Gasteiger partial charge on any atom is -0.493 e. The second-order valence-electron chi connectivity index (χ2n) is 6.07. The molecule has 134 valence electrons. The van der Waals surface area contributed by atoms with Crippen LogP contribution in [0.4, 0.5) is 4.39 Å². The van der Waals surface area contributed by atoms with Crippen molar-refractivity contribution in [3.8, 4) is 5.75 Å². The molecule has 1 fully saturated rings. The maximum absolute atomic E-state index is 13.7. The van der Waals surface area contributed by atoms with Gasteiger partial charge in [-0.3, -0.25) is 9.89 Å². The summed E-state index contributed by atoms with van der Waals surface area (Å²) in [5, 5.41) is 6.98. The molecule has 0 radical (unpaired) electrons. The Labute approximate surface area is 145 Å². The maximum Gasteiger partial charge on any atom is 0.258 e. The van der Waals surface area contributed by atoms with Crippen LogP contribution < -0.4 is 10.5 Å². The number of aryl methyl sites for hydroxylation is 1. The summed E-state index contributed by atoms with van der Waals surface area (Å²) in [6, 6.07) is 3.78. The van der Waals surface area contributed by atoms with Gasteiger partial charge < -0.3 is 15.4 Å². The van der Waals surface area contributed by atoms with Gasteiger partial charge in [0.25, 0.3) is 5.91 Å². The van der Waals surface area contributed by atoms with E-state index in [1.165, 1.54) is 18.2 Å². The molecule has 3 N–H and O–H groups in total. The number of rotatable bonds is 6. The third-order valence-electron chi connectivity index (χ3n) is 4.20. The smallest absolute Gasteiger partial charge is 0.258 e. The Bertz CT molecular complexity index is 748. The number of nitrogens with zero attached hydrogens (tertiary/aromatic N) is 3. The molecule has 0 spiro atoms. The minimum absolute atomic E-state index is 0.211. The van der Waals surface area contributed by atoms with Gasteiger partial charge in [-0.2, -0.15) is 5.10 Å². The van der Waals surface area contributed by atoms with E-state index < -0.39 is 5.82 Å². The summed E-state index contributed by atoms with van der Waals surface area (Å²) >= 11 is 0. The SMILES string of the molecule is Cc1nc([C@H]2CCCN2C(=O)c2cc(F)ccc2OCCCN)n[nH]1. The molecule has 0 unspecified atom stereocenters. The number of benzene rings is 1. The van der Waals surface area contributed by atoms with E-state index in [2.05, 4.69) is 15.2 Å². The highest BCUT2D eigenvalue weighted by atomic mass is 19.1. The van der Waals surface area contributed by atoms with Crippen LogP contribution >= 0.6 is 0 Å². The molecule has 1 saturated heterocycles. The fraction of sp³-hybridized carbons (Fsp3) is 0.471. The number of aromatic amines is 1. The van der Waals surface area contributed by atoms with E-state index >= 15 is 0 Å². The summed E-state index contributed by atoms with van der Waals surface area (Å²) in [5.41, 5.74) is 5.69. The predicted molar refractivity (Wildman–Crippen MR) is 89.7 cm³/mol. The van der Waals surface area contributed by atoms with Crippen molar-refractivity contribution in [1.82, 2.24) is 20.1 Å². The van der Waals surface area contributed by atoms with E-state index in [0.717, 1.165) is 12.8 Å². The lowest BCUT2D eigenvalue weighted by atomic mass is 10.1. The molecule has 2 heterocycles. The fourth-order valence-electron chi connectivity index (χ4n) is 3.00. The van der Waals surface area contributed by atoms with E-state index in [9.17, 15) is 9.18 Å². The topological polar surface area (TPSA) is 97.1 Å². The lowest BCUT2D eigenvalue weighted by Crippen LogP contribution is -2.31. The highest BCUT2D eigenvalue weighted by Crippen LogP contribution is 2.33. The Morgan fingerprint density at radius 1 is 1.52 bits per heavy atom. The number of likely N-dealkylation sites (tertiary alicyclic amines) is 1. The first-order valence-electron chi connectivity index (χ1n) is 8.42. The molecular formula is C17H22FN5O2. The normalized spacial score (nSPS) is 17.1. The van der Waals surface area contributed by atoms with Crippen molar-refractivity contribution in [2.24, 2.45) is 5.73 Å². The summed E-state index contributed by atoms with van der Waals surface area (Å²) in [7, 11) is 0. The van der Waals surface area contributed by atoms with Gasteiger partial charge in [0.1, 0.15) is 17.4 Å². The molecule has 1 amide bonds. The van der Waals surface area contributed by atoms with Crippen LogP contribution in [0.5, 0.6) is 5.75 Å². The Balaban J connectivity index is 1.85. The molecule has 0 aliphatic carbocycles. The molecule has 7 nitrogen and oxygen atoms in total. The predicted octanol–water partition coefficient (Wildman–Crippen LogP) is 1.96. The largest absolute Gasteiger partial charge is 0.493 e. The number of ether oxygens (including phenoxy) is 1. The first kappa shape index (κ1) is 17.3. The molecule has 1 aromatic carbocycles. The Kier molecular flexibility index (Phi) is 5.28. The van der Waals surface area contributed by atoms with Gasteiger partial charge in [-0.1, -0.05) is 0 Å². The second-order valence-corrected chi connectivity index (χ2v) is 6.07. The fourth-order valence-corrected chi connectivity index (χ4v) is 3.00. The number of H-pyrrole nitrogens is 1. The van der Waals surface area contributed by atoms with Crippen molar-refractivity contribution in [3.63, 3.8) is 0 Å². The minimum atomic E-state index is -0.473. The van der Waals surface area contributed by atoms with Gasteiger partial charge in [0.05, 0.1) is 18.2 Å². The van der Waals surface area contributed by atoms with Crippen molar-refractivity contribution < 1.29 is 13.9 Å². The molecule has 1 atom stereocenters. The zero-order valence-electron chi connectivity index (χ0n) is 14.2. The summed E-state index contributed by atoms with van der Waals surface area (Å²) in [4.78, 5) is 19.1. The lowest BCUT2D eigenvalue weighted by Gasteiger charge is -2.23. The van der Waals surface area contributed by atoms with Crippen molar-refractivity contribution in [2.75, 3.05) is 19.7 Å². The Morgan fingerprint density at radius 2 is 2.36 bits per heavy atom. The van der Waals surface area contributed by atoms with E-state index in [1.807, 2.05) is 6.92 Å². The quantitative estimate of drug-likeness (QED) is 0.779. The first-order chi connectivity index (χ1) is 12.1. The van der Waals surface area contributed by atoms with E-state index in [1.54, 1.807) is 4.90 Å². The Hall–Kier alpha value is -2.48. The molecule has 1 aliphatic heterocycles. The monoisotopic (exact) mass is 347 g/mol. The van der Waals surface area contributed by atoms with Gasteiger partial charge in [-0.05, 0) is 50.9 Å². The van der Waals surface area contributed by atoms with Crippen LogP contribution in [0.2, 0.25) is 0 Å². The number of amides is 1. The van der Waals surface area contributed by atoms with Crippen LogP contribution in [0.25, 0.3) is 0 Å². The van der Waals surface area contributed by atoms with Crippen LogP contribution in [-0.4, -0.2) is 45.7 Å². The van der Waals surface area contributed by atoms with E-state index in [0.29, 0.717) is 43.5 Å². The number of nitrogens with two attached hydrogens (primary N) is 1. The van der Waals surface area contributed by atoms with Gasteiger partial charge in [-0.25, -0.2) is 9.37 Å². The van der Waals surface area contributed by atoms with Crippen molar-refractivity contribution in [2.45, 2.75) is 32.2 Å². The van der Waals surface area contributed by atoms with Crippen molar-refractivity contribution in [3.05, 3.63) is 41.2 Å². The highest BCUT2D eigenvalue weighted by Gasteiger charge is 2.34. The molecule has 8 heteroatoms. The van der Waals surface area contributed by atoms with Gasteiger partial charge in [-0.15, -0.1) is 0 Å². The number of aromatic nitrogens is 3. The molecule has 1 aliphatic rings. The zero-order chi connectivity index (χ0) is 17.8.